The van der Waals surface area contributed by atoms with Crippen LogP contribution in [0.1, 0.15) is 5.56 Å². The maximum Gasteiger partial charge on any atom is 0.231 e. The molecule has 0 saturated carbocycles. The van der Waals surface area contributed by atoms with Crippen molar-refractivity contribution in [2.24, 2.45) is 0 Å². The molecule has 0 radical (unpaired) electrons. The van der Waals surface area contributed by atoms with Gasteiger partial charge in [0.25, 0.3) is 0 Å². The number of rotatable bonds is 8. The van der Waals surface area contributed by atoms with Crippen molar-refractivity contribution in [2.75, 3.05) is 16.5 Å². The molecule has 1 aliphatic heterocycles. The number of para-hydroxylation sites is 7. The summed E-state index contributed by atoms with van der Waals surface area (Å²) in [6, 6.07) is 77.4. The lowest BCUT2D eigenvalue weighted by atomic mass is 9.98. The Morgan fingerprint density at radius 3 is 1.42 bits per heavy atom. The zero-order valence-corrected chi connectivity index (χ0v) is 40.2. The fraction of sp³-hybridized carbons (Fsp3) is 0.0308. The van der Waals surface area contributed by atoms with Crippen LogP contribution < -0.4 is 14.5 Å². The van der Waals surface area contributed by atoms with Gasteiger partial charge in [-0.2, -0.15) is 0 Å². The zero-order valence-electron chi connectivity index (χ0n) is 40.2. The van der Waals surface area contributed by atoms with E-state index in [1.165, 1.54) is 21.5 Å². The third kappa shape index (κ3) is 6.39. The van der Waals surface area contributed by atoms with Gasteiger partial charge in [-0.25, -0.2) is 15.0 Å². The number of hydrogen-bond acceptors (Lipinski definition) is 6. The third-order valence-electron chi connectivity index (χ3n) is 14.8. The first-order valence-electron chi connectivity index (χ1n) is 24.9. The molecule has 0 spiro atoms. The predicted molar refractivity (Wildman–Crippen MR) is 302 cm³/mol. The van der Waals surface area contributed by atoms with Crippen molar-refractivity contribution in [3.8, 4) is 39.8 Å². The lowest BCUT2D eigenvalue weighted by molar-refractivity contribution is 0.483. The van der Waals surface area contributed by atoms with Crippen molar-refractivity contribution in [3.63, 3.8) is 0 Å². The summed E-state index contributed by atoms with van der Waals surface area (Å²) in [6.07, 6.45) is 5.65. The van der Waals surface area contributed by atoms with Gasteiger partial charge in [-0.3, -0.25) is 9.47 Å². The van der Waals surface area contributed by atoms with Crippen LogP contribution in [0.25, 0.3) is 93.7 Å². The number of nitrogens with zero attached hydrogens (tertiary/aromatic N) is 8. The zero-order chi connectivity index (χ0) is 48.9. The van der Waals surface area contributed by atoms with E-state index in [2.05, 4.69) is 247 Å². The van der Waals surface area contributed by atoms with E-state index in [-0.39, 0.29) is 0 Å². The lowest BCUT2D eigenvalue weighted by Crippen LogP contribution is -2.25. The molecule has 0 fully saturated rings. The van der Waals surface area contributed by atoms with Gasteiger partial charge in [0.2, 0.25) is 5.95 Å². The summed E-state index contributed by atoms with van der Waals surface area (Å²) < 4.78 is 13.9. The molecule has 74 heavy (non-hydrogen) atoms. The Bertz CT molecular complexity index is 4310. The van der Waals surface area contributed by atoms with Crippen LogP contribution in [0.4, 0.5) is 23.0 Å². The highest BCUT2D eigenvalue weighted by atomic mass is 16.5. The Labute approximate surface area is 425 Å². The van der Waals surface area contributed by atoms with E-state index < -0.39 is 0 Å². The van der Waals surface area contributed by atoms with E-state index >= 15 is 0 Å². The number of anilines is 4. The Hall–Kier alpha value is -9.99. The van der Waals surface area contributed by atoms with Gasteiger partial charge in [0.15, 0.2) is 0 Å². The minimum atomic E-state index is 0.567. The second-order valence-electron chi connectivity index (χ2n) is 18.9. The lowest BCUT2D eigenvalue weighted by Gasteiger charge is -2.21. The number of fused-ring (bicyclic) bond motifs is 10. The summed E-state index contributed by atoms with van der Waals surface area (Å²) in [5.41, 5.74) is 15.2. The maximum atomic E-state index is 6.79. The van der Waals surface area contributed by atoms with Crippen LogP contribution in [0.2, 0.25) is 0 Å². The number of benzene rings is 9. The normalized spacial score (nSPS) is 12.6. The molecule has 0 atom stereocenters. The number of aryl methyl sites for hydroxylation is 1. The minimum absolute atomic E-state index is 0.567. The Kier molecular flexibility index (Phi) is 9.34. The van der Waals surface area contributed by atoms with Gasteiger partial charge in [-0.05, 0) is 103 Å². The fourth-order valence-electron chi connectivity index (χ4n) is 11.6. The van der Waals surface area contributed by atoms with Gasteiger partial charge in [0, 0.05) is 79.9 Å². The van der Waals surface area contributed by atoms with E-state index in [1.54, 1.807) is 12.4 Å². The first-order chi connectivity index (χ1) is 36.6. The van der Waals surface area contributed by atoms with E-state index in [1.807, 2.05) is 18.2 Å². The molecule has 6 heterocycles. The second-order valence-corrected chi connectivity index (χ2v) is 18.9. The molecule has 15 rings (SSSR count). The van der Waals surface area contributed by atoms with Crippen LogP contribution in [-0.2, 0) is 0 Å². The topological polar surface area (TPSA) is 69.2 Å². The van der Waals surface area contributed by atoms with Gasteiger partial charge in [0.05, 0.1) is 55.8 Å². The van der Waals surface area contributed by atoms with Crippen LogP contribution in [-0.4, -0.2) is 35.3 Å². The molecule has 0 aliphatic carbocycles. The van der Waals surface area contributed by atoms with Crippen molar-refractivity contribution in [1.29, 1.82) is 0 Å². The predicted octanol–water partition coefficient (Wildman–Crippen LogP) is 16.2. The molecule has 5 aromatic heterocycles. The first-order valence-corrected chi connectivity index (χ1v) is 24.9. The summed E-state index contributed by atoms with van der Waals surface area (Å²) in [7, 11) is 0. The number of aromatic nitrogens is 6. The van der Waals surface area contributed by atoms with Crippen LogP contribution in [0, 0.1) is 6.92 Å². The highest BCUT2D eigenvalue weighted by Gasteiger charge is 2.30. The summed E-state index contributed by atoms with van der Waals surface area (Å²) in [6.45, 7) is 2.79. The van der Waals surface area contributed by atoms with E-state index in [4.69, 9.17) is 9.72 Å². The Balaban J connectivity index is 0.872. The van der Waals surface area contributed by atoms with Crippen molar-refractivity contribution in [1.82, 2.24) is 28.7 Å². The number of pyridine rings is 1. The Morgan fingerprint density at radius 2 is 0.851 bits per heavy atom. The molecule has 0 unspecified atom stereocenters. The molecule has 9 heteroatoms. The number of ether oxygens (including phenoxy) is 1. The smallest absolute Gasteiger partial charge is 0.231 e. The van der Waals surface area contributed by atoms with Gasteiger partial charge in [0.1, 0.15) is 24.0 Å². The molecule has 0 amide bonds. The average molecular weight is 953 g/mol. The first kappa shape index (κ1) is 41.8. The molecular weight excluding hydrogens is 909 g/mol. The van der Waals surface area contributed by atoms with E-state index in [9.17, 15) is 0 Å². The standard InChI is InChI=1S/C65H44N8O/c1-42-37-63(73-57-28-11-6-23-50(57)51-34-33-45(39-62(51)73)74-44-18-14-17-43(38-44)69-41-70(65-66-35-16-36-67-65)59-30-13-12-29-58(59)69)68-40-52(42)64-60(71-53-24-7-2-19-46(53)47-20-3-8-25-54(47)71)31-15-32-61(64)72-55-26-9-4-21-48(55)49-22-5-10-27-56(49)72/h2-40H,41H2,1H3. The molecule has 1 aliphatic rings. The molecule has 350 valence electrons. The second kappa shape index (κ2) is 16.5. The average Bonchev–Trinajstić information content (AvgIpc) is 4.21. The maximum absolute atomic E-state index is 6.79. The quantitative estimate of drug-likeness (QED) is 0.151. The van der Waals surface area contributed by atoms with Gasteiger partial charge in [-0.1, -0.05) is 115 Å². The summed E-state index contributed by atoms with van der Waals surface area (Å²) in [4.78, 5) is 19.0. The fourth-order valence-corrected chi connectivity index (χ4v) is 11.6. The molecular formula is C65H44N8O. The minimum Gasteiger partial charge on any atom is -0.457 e. The summed E-state index contributed by atoms with van der Waals surface area (Å²) >= 11 is 0. The van der Waals surface area contributed by atoms with Crippen LogP contribution in [0.3, 0.4) is 0 Å². The van der Waals surface area contributed by atoms with Gasteiger partial charge < -0.3 is 18.8 Å². The molecule has 0 bridgehead atoms. The van der Waals surface area contributed by atoms with E-state index in [0.29, 0.717) is 12.6 Å². The molecule has 0 N–H and O–H groups in total. The van der Waals surface area contributed by atoms with Crippen molar-refractivity contribution >= 4 is 88.4 Å². The summed E-state index contributed by atoms with van der Waals surface area (Å²) in [5, 5.41) is 7.12. The highest BCUT2D eigenvalue weighted by Crippen LogP contribution is 2.46. The summed E-state index contributed by atoms with van der Waals surface area (Å²) in [5.74, 6) is 2.94. The SMILES string of the molecule is Cc1cc(-n2c3ccccc3c3ccc(Oc4cccc(N5CN(c6ncccn6)c6ccccc65)c4)cc32)ncc1-c1c(-n2c3ccccc3c3ccccc32)cccc1-n1c2ccccc2c2ccccc21. The number of hydrogen-bond donors (Lipinski definition) is 0. The Morgan fingerprint density at radius 1 is 0.378 bits per heavy atom. The molecule has 9 nitrogen and oxygen atoms in total. The molecule has 14 aromatic rings. The molecule has 9 aromatic carbocycles. The van der Waals surface area contributed by atoms with Crippen LogP contribution in [0.5, 0.6) is 11.5 Å². The van der Waals surface area contributed by atoms with Crippen molar-refractivity contribution < 1.29 is 4.74 Å². The third-order valence-corrected chi connectivity index (χ3v) is 14.8. The van der Waals surface area contributed by atoms with Crippen LogP contribution in [0.15, 0.2) is 237 Å². The highest BCUT2D eigenvalue weighted by molar-refractivity contribution is 6.13. The van der Waals surface area contributed by atoms with Crippen LogP contribution >= 0.6 is 0 Å². The van der Waals surface area contributed by atoms with Gasteiger partial charge in [-0.15, -0.1) is 0 Å². The van der Waals surface area contributed by atoms with Crippen molar-refractivity contribution in [3.05, 3.63) is 243 Å². The van der Waals surface area contributed by atoms with Gasteiger partial charge >= 0.3 is 0 Å². The van der Waals surface area contributed by atoms with Crippen molar-refractivity contribution in [2.45, 2.75) is 6.92 Å². The van der Waals surface area contributed by atoms with E-state index in [0.717, 1.165) is 106 Å². The monoisotopic (exact) mass is 952 g/mol. The largest absolute Gasteiger partial charge is 0.457 e. The molecule has 0 saturated heterocycles.